The van der Waals surface area contributed by atoms with Gasteiger partial charge >= 0.3 is 106 Å². The Kier molecular flexibility index (Phi) is 24.5. The molecule has 0 unspecified atom stereocenters. The molecule has 0 aliphatic carbocycles. The molecule has 6 rings (SSSR count). The zero-order valence-corrected chi connectivity index (χ0v) is 45.8. The standard InChI is InChI=1S/2C18H12N6O10S.Fe.3Na/c2*25-15-6-5-12(20-21-13-7-10(23(28)29)8-14(17(13)26)24(30)31)18(27)16(15)22-19-9-1-3-11(4-2-9)35(32,33)34;;;;/h2*1-8,25-27H,(H,32,33,34);;;;/q;;+3;3*+1/p-6. The number of aromatic hydroxyl groups is 1. The number of azo groups is 4. The van der Waals surface area contributed by atoms with E-state index in [2.05, 4.69) is 40.9 Å². The van der Waals surface area contributed by atoms with Crippen LogP contribution in [0.2, 0.25) is 0 Å². The Hall–Kier alpha value is -6.54. The molecule has 6 aromatic carbocycles. The van der Waals surface area contributed by atoms with Crippen LogP contribution in [0.25, 0.3) is 0 Å². The molecule has 1 radical (unpaired) electrons. The van der Waals surface area contributed by atoms with Crippen molar-refractivity contribution in [3.05, 3.63) is 138 Å². The minimum atomic E-state index is -4.70. The fourth-order valence-corrected chi connectivity index (χ4v) is 5.98. The number of phenolic OH excluding ortho intramolecular Hbond substituents is 1. The van der Waals surface area contributed by atoms with Gasteiger partial charge in [0.15, 0.2) is 0 Å². The van der Waals surface area contributed by atoms with Crippen LogP contribution in [0, 0.1) is 40.5 Å². The molecule has 0 bridgehead atoms. The number of non-ortho nitro benzene ring substituents is 2. The second-order valence-electron chi connectivity index (χ2n) is 12.9. The molecule has 32 nitrogen and oxygen atoms in total. The molecule has 0 saturated carbocycles. The number of nitrogens with zero attached hydrogens (tertiary/aromatic N) is 12. The second-order valence-corrected chi connectivity index (χ2v) is 15.7. The maximum atomic E-state index is 12.6. The van der Waals surface area contributed by atoms with Gasteiger partial charge in [0.25, 0.3) is 32.9 Å². The molecular weight excluding hydrogens is 1110 g/mol. The summed E-state index contributed by atoms with van der Waals surface area (Å²) in [6, 6.07) is 14.3. The molecule has 0 amide bonds. The molecule has 74 heavy (non-hydrogen) atoms. The Balaban J connectivity index is 0.000000702. The van der Waals surface area contributed by atoms with Gasteiger partial charge in [-0.2, -0.15) is 44.2 Å². The third kappa shape index (κ3) is 16.7. The third-order valence-electron chi connectivity index (χ3n) is 8.37. The summed E-state index contributed by atoms with van der Waals surface area (Å²) < 4.78 is 63.9. The van der Waals surface area contributed by atoms with Crippen LogP contribution in [-0.4, -0.2) is 50.7 Å². The number of nitro groups is 4. The number of phenols is 1. The van der Waals surface area contributed by atoms with Crippen LogP contribution < -0.4 is 114 Å². The SMILES string of the molecule is O=[N+]([O-])c1cc(N=Nc2ccc(O)c(N=Nc3ccc(S(=O)(=O)O)cc3)c2[O-])c([O-])c([N+](=O)[O-])c1.O=[N+]([O-])c1cc(N=Nc2ccc([O-])c(N=Nc3ccc(S(=O)(=O)[O-])cc3)c2[O-])c([O-])c([N+](=O)[O-])c1.[Fe+3].[Na+].[Na+].[Na+]. The van der Waals surface area contributed by atoms with Crippen molar-refractivity contribution >= 4 is 88.5 Å². The van der Waals surface area contributed by atoms with Crippen LogP contribution in [0.4, 0.5) is 68.2 Å². The summed E-state index contributed by atoms with van der Waals surface area (Å²) in [5, 5.41) is 143. The van der Waals surface area contributed by atoms with E-state index < -0.39 is 141 Å². The van der Waals surface area contributed by atoms with Crippen molar-refractivity contribution in [1.82, 2.24) is 0 Å². The fourth-order valence-electron chi connectivity index (χ4n) is 5.04. The number of hydrogen-bond donors (Lipinski definition) is 2. The quantitative estimate of drug-likeness (QED) is 0.0359. The van der Waals surface area contributed by atoms with Gasteiger partial charge in [-0.1, -0.05) is 17.6 Å². The van der Waals surface area contributed by atoms with Crippen molar-refractivity contribution in [2.45, 2.75) is 9.79 Å². The number of benzene rings is 6. The maximum absolute atomic E-state index is 12.6. The minimum Gasteiger partial charge on any atom is -0.871 e. The van der Waals surface area contributed by atoms with Crippen molar-refractivity contribution in [2.75, 3.05) is 0 Å². The smallest absolute Gasteiger partial charge is 0.871 e. The predicted molar refractivity (Wildman–Crippen MR) is 219 cm³/mol. The largest absolute Gasteiger partial charge is 3.00 e. The summed E-state index contributed by atoms with van der Waals surface area (Å²) >= 11 is 0. The first-order chi connectivity index (χ1) is 32.8. The molecule has 0 spiro atoms. The maximum Gasteiger partial charge on any atom is 3.00 e. The van der Waals surface area contributed by atoms with Crippen molar-refractivity contribution in [3.63, 3.8) is 0 Å². The summed E-state index contributed by atoms with van der Waals surface area (Å²) in [7, 11) is -9.13. The van der Waals surface area contributed by atoms with Crippen molar-refractivity contribution in [1.29, 1.82) is 0 Å². The van der Waals surface area contributed by atoms with Crippen LogP contribution >= 0.6 is 0 Å². The average molecular weight is 1130 g/mol. The van der Waals surface area contributed by atoms with Crippen molar-refractivity contribution < 1.29 is 182 Å². The first-order valence-electron chi connectivity index (χ1n) is 17.9. The fraction of sp³-hybridized carbons (Fsp3) is 0. The number of rotatable bonds is 14. The summed E-state index contributed by atoms with van der Waals surface area (Å²) in [6.45, 7) is 0. The molecule has 0 aromatic heterocycles. The van der Waals surface area contributed by atoms with Crippen molar-refractivity contribution in [3.8, 4) is 34.5 Å². The molecule has 0 atom stereocenters. The molecule has 6 aromatic rings. The minimum absolute atomic E-state index is 0. The van der Waals surface area contributed by atoms with E-state index in [1.807, 2.05) is 0 Å². The van der Waals surface area contributed by atoms with Crippen LogP contribution in [0.15, 0.2) is 148 Å². The van der Waals surface area contributed by atoms with Gasteiger partial charge in [0.2, 0.25) is 0 Å². The van der Waals surface area contributed by atoms with E-state index in [1.165, 1.54) is 0 Å². The van der Waals surface area contributed by atoms with Gasteiger partial charge in [-0.3, -0.25) is 45.0 Å². The normalized spacial score (nSPS) is 11.2. The van der Waals surface area contributed by atoms with E-state index in [1.54, 1.807) is 0 Å². The van der Waals surface area contributed by atoms with Gasteiger partial charge in [-0.25, -0.2) is 8.42 Å². The Morgan fingerprint density at radius 2 is 0.797 bits per heavy atom. The molecule has 0 heterocycles. The first-order valence-corrected chi connectivity index (χ1v) is 20.7. The molecule has 365 valence electrons. The van der Waals surface area contributed by atoms with E-state index >= 15 is 0 Å². The Labute approximate surface area is 488 Å². The van der Waals surface area contributed by atoms with Gasteiger partial charge in [-0.05, 0) is 72.5 Å². The van der Waals surface area contributed by atoms with E-state index in [4.69, 9.17) is 4.55 Å². The monoisotopic (exact) mass is 1130 g/mol. The van der Waals surface area contributed by atoms with E-state index in [-0.39, 0.29) is 117 Å². The van der Waals surface area contributed by atoms with E-state index in [9.17, 15) is 92.5 Å². The van der Waals surface area contributed by atoms with Crippen LogP contribution in [0.5, 0.6) is 34.5 Å². The molecule has 0 aliphatic heterocycles. The summed E-state index contributed by atoms with van der Waals surface area (Å²) in [6.07, 6.45) is 0. The van der Waals surface area contributed by atoms with Gasteiger partial charge in [0.1, 0.15) is 21.6 Å². The average Bonchev–Trinajstić information content (AvgIpc) is 3.28. The Morgan fingerprint density at radius 1 is 0.432 bits per heavy atom. The van der Waals surface area contributed by atoms with E-state index in [0.717, 1.165) is 72.8 Å². The van der Waals surface area contributed by atoms with Crippen LogP contribution in [-0.2, 0) is 37.3 Å². The predicted octanol–water partition coefficient (Wildman–Crippen LogP) is -3.10. The number of hydrogen-bond acceptors (Lipinski definition) is 27. The van der Waals surface area contributed by atoms with E-state index in [0.29, 0.717) is 24.3 Å². The van der Waals surface area contributed by atoms with Crippen LogP contribution in [0.1, 0.15) is 0 Å². The Morgan fingerprint density at radius 3 is 1.18 bits per heavy atom. The molecule has 38 heteroatoms. The zero-order chi connectivity index (χ0) is 51.8. The van der Waals surface area contributed by atoms with Gasteiger partial charge in [0, 0.05) is 23.6 Å². The van der Waals surface area contributed by atoms with Gasteiger partial charge in [0.05, 0.1) is 81.4 Å². The van der Waals surface area contributed by atoms with Crippen LogP contribution in [0.3, 0.4) is 0 Å². The second kappa shape index (κ2) is 27.7. The molecule has 0 saturated heterocycles. The summed E-state index contributed by atoms with van der Waals surface area (Å²) in [5.74, 6) is -6.20. The first kappa shape index (κ1) is 65.5. The summed E-state index contributed by atoms with van der Waals surface area (Å²) in [5.41, 5.74) is -7.79. The van der Waals surface area contributed by atoms with Crippen molar-refractivity contribution in [2.24, 2.45) is 40.9 Å². The topological polar surface area (TPSA) is 519 Å². The Bertz CT molecular complexity index is 3260. The molecule has 0 fully saturated rings. The summed E-state index contributed by atoms with van der Waals surface area (Å²) in [4.78, 5) is 38.7. The number of nitro benzene ring substituents is 4. The van der Waals surface area contributed by atoms with Gasteiger partial charge in [-0.15, -0.1) is 5.11 Å². The molecule has 0 aliphatic rings. The zero-order valence-electron chi connectivity index (χ0n) is 37.0. The molecular formula is C36H18FeN12Na3O20S2. The third-order valence-corrected chi connectivity index (χ3v) is 10.1. The van der Waals surface area contributed by atoms with Gasteiger partial charge < -0.3 is 35.2 Å². The molecule has 2 N–H and O–H groups in total.